The van der Waals surface area contributed by atoms with Crippen molar-refractivity contribution in [3.63, 3.8) is 0 Å². The van der Waals surface area contributed by atoms with Gasteiger partial charge in [-0.25, -0.2) is 8.42 Å². The molecule has 2 atom stereocenters. The molecule has 0 bridgehead atoms. The molecular weight excluding hydrogens is 510 g/mol. The number of rotatable bonds is 15. The Morgan fingerprint density at radius 3 is 1.95 bits per heavy atom. The van der Waals surface area contributed by atoms with Crippen LogP contribution in [0.15, 0.2) is 29.2 Å². The Morgan fingerprint density at radius 1 is 0.816 bits per heavy atom. The molecule has 1 aliphatic heterocycles. The van der Waals surface area contributed by atoms with Crippen LogP contribution in [-0.2, 0) is 14.6 Å². The second-order valence-corrected chi connectivity index (χ2v) is 11.2. The van der Waals surface area contributed by atoms with Gasteiger partial charge in [0.2, 0.25) is 5.75 Å². The van der Waals surface area contributed by atoms with Crippen molar-refractivity contribution in [1.29, 1.82) is 0 Å². The molecular formula is C28H41NO8S. The summed E-state index contributed by atoms with van der Waals surface area (Å²) in [5, 5.41) is 0. The zero-order valence-electron chi connectivity index (χ0n) is 23.1. The molecule has 2 N–H and O–H groups in total. The lowest BCUT2D eigenvalue weighted by atomic mass is 10.0. The summed E-state index contributed by atoms with van der Waals surface area (Å²) in [6, 6.07) is 7.30. The molecule has 2 aromatic carbocycles. The van der Waals surface area contributed by atoms with E-state index < -0.39 is 9.84 Å². The Bertz CT molecular complexity index is 1140. The molecule has 0 saturated carbocycles. The molecule has 212 valence electrons. The third-order valence-electron chi connectivity index (χ3n) is 6.36. The van der Waals surface area contributed by atoms with E-state index in [0.29, 0.717) is 62.0 Å². The minimum absolute atomic E-state index is 0.0146. The van der Waals surface area contributed by atoms with E-state index in [1.165, 1.54) is 0 Å². The van der Waals surface area contributed by atoms with Crippen LogP contribution in [0.2, 0.25) is 0 Å². The van der Waals surface area contributed by atoms with E-state index in [4.69, 9.17) is 34.2 Å². The fraction of sp³-hybridized carbons (Fsp3) is 0.571. The van der Waals surface area contributed by atoms with Crippen molar-refractivity contribution in [2.24, 2.45) is 5.73 Å². The van der Waals surface area contributed by atoms with Gasteiger partial charge in [0.05, 0.1) is 52.5 Å². The maximum Gasteiger partial charge on any atom is 0.203 e. The molecule has 38 heavy (non-hydrogen) atoms. The van der Waals surface area contributed by atoms with Gasteiger partial charge < -0.3 is 34.2 Å². The van der Waals surface area contributed by atoms with Gasteiger partial charge in [0.25, 0.3) is 0 Å². The summed E-state index contributed by atoms with van der Waals surface area (Å²) in [5.74, 6) is 2.30. The van der Waals surface area contributed by atoms with Crippen LogP contribution < -0.4 is 29.4 Å². The number of hydrogen-bond acceptors (Lipinski definition) is 9. The zero-order valence-corrected chi connectivity index (χ0v) is 23.9. The van der Waals surface area contributed by atoms with Gasteiger partial charge in [-0.2, -0.15) is 0 Å². The van der Waals surface area contributed by atoms with Crippen LogP contribution in [0.4, 0.5) is 0 Å². The van der Waals surface area contributed by atoms with Crippen molar-refractivity contribution in [3.05, 3.63) is 35.4 Å². The number of methoxy groups -OCH3 is 3. The van der Waals surface area contributed by atoms with Crippen molar-refractivity contribution < 1.29 is 36.8 Å². The standard InChI is InChI=1S/C28H41NO8S/c1-6-12-36-28-25(35-13-8-11-29)17-20(18-26(28)38(30,31)14-7-2)22-10-9-21(37-22)19-15-23(32-3)27(34-5)24(16-19)33-4/h15-18,21-22H,6-14,29H2,1-5H3/t21-,22-/m1/s1. The van der Waals surface area contributed by atoms with E-state index in [9.17, 15) is 8.42 Å². The lowest BCUT2D eigenvalue weighted by Gasteiger charge is -2.21. The highest BCUT2D eigenvalue weighted by atomic mass is 32.2. The Hall–Kier alpha value is -2.69. The summed E-state index contributed by atoms with van der Waals surface area (Å²) in [6.45, 7) is 5.02. The molecule has 0 aromatic heterocycles. The van der Waals surface area contributed by atoms with Crippen molar-refractivity contribution in [1.82, 2.24) is 0 Å². The van der Waals surface area contributed by atoms with Crippen molar-refractivity contribution in [2.75, 3.05) is 46.8 Å². The number of hydrogen-bond donors (Lipinski definition) is 1. The first-order valence-electron chi connectivity index (χ1n) is 13.1. The molecule has 3 rings (SSSR count). The van der Waals surface area contributed by atoms with Gasteiger partial charge in [-0.3, -0.25) is 0 Å². The molecule has 10 heteroatoms. The molecule has 1 heterocycles. The number of nitrogens with two attached hydrogens (primary N) is 1. The first kappa shape index (κ1) is 29.9. The highest BCUT2D eigenvalue weighted by molar-refractivity contribution is 7.91. The first-order chi connectivity index (χ1) is 18.3. The number of ether oxygens (including phenoxy) is 6. The van der Waals surface area contributed by atoms with Crippen LogP contribution in [0.1, 0.15) is 69.3 Å². The van der Waals surface area contributed by atoms with Crippen LogP contribution in [-0.4, -0.2) is 55.3 Å². The summed E-state index contributed by atoms with van der Waals surface area (Å²) in [7, 11) is 1.11. The lowest BCUT2D eigenvalue weighted by Crippen LogP contribution is -2.13. The average molecular weight is 552 g/mol. The highest BCUT2D eigenvalue weighted by Crippen LogP contribution is 2.48. The summed E-state index contributed by atoms with van der Waals surface area (Å²) in [5.41, 5.74) is 7.29. The first-order valence-corrected chi connectivity index (χ1v) is 14.8. The average Bonchev–Trinajstić information content (AvgIpc) is 3.41. The normalized spacial score (nSPS) is 17.3. The minimum Gasteiger partial charge on any atom is -0.493 e. The third-order valence-corrected chi connectivity index (χ3v) is 8.28. The number of sulfone groups is 1. The molecule has 1 saturated heterocycles. The quantitative estimate of drug-likeness (QED) is 0.305. The summed E-state index contributed by atoms with van der Waals surface area (Å²) in [4.78, 5) is 0.146. The van der Waals surface area contributed by atoms with Crippen LogP contribution in [0.3, 0.4) is 0 Å². The lowest BCUT2D eigenvalue weighted by molar-refractivity contribution is 0.0434. The second kappa shape index (κ2) is 13.9. The molecule has 1 fully saturated rings. The van der Waals surface area contributed by atoms with Crippen LogP contribution in [0.5, 0.6) is 28.7 Å². The van der Waals surface area contributed by atoms with Crippen LogP contribution in [0.25, 0.3) is 0 Å². The Morgan fingerprint density at radius 2 is 1.42 bits per heavy atom. The van der Waals surface area contributed by atoms with E-state index in [1.807, 2.05) is 32.0 Å². The van der Waals surface area contributed by atoms with Crippen molar-refractivity contribution >= 4 is 9.84 Å². The maximum atomic E-state index is 13.3. The fourth-order valence-electron chi connectivity index (χ4n) is 4.53. The monoisotopic (exact) mass is 551 g/mol. The summed E-state index contributed by atoms with van der Waals surface area (Å²) >= 11 is 0. The smallest absolute Gasteiger partial charge is 0.203 e. The molecule has 9 nitrogen and oxygen atoms in total. The Labute approximate surface area is 226 Å². The van der Waals surface area contributed by atoms with E-state index in [0.717, 1.165) is 24.0 Å². The second-order valence-electron chi connectivity index (χ2n) is 9.15. The largest absolute Gasteiger partial charge is 0.493 e. The molecule has 0 spiro atoms. The predicted octanol–water partition coefficient (Wildman–Crippen LogP) is 5.01. The van der Waals surface area contributed by atoms with E-state index in [1.54, 1.807) is 27.4 Å². The predicted molar refractivity (Wildman–Crippen MR) is 146 cm³/mol. The van der Waals surface area contributed by atoms with Gasteiger partial charge >= 0.3 is 0 Å². The molecule has 0 radical (unpaired) electrons. The highest BCUT2D eigenvalue weighted by Gasteiger charge is 2.32. The van der Waals surface area contributed by atoms with Crippen molar-refractivity contribution in [2.45, 2.75) is 63.1 Å². The van der Waals surface area contributed by atoms with Crippen LogP contribution >= 0.6 is 0 Å². The molecule has 1 aliphatic rings. The Kier molecular flexibility index (Phi) is 10.9. The van der Waals surface area contributed by atoms with Gasteiger partial charge in [-0.1, -0.05) is 13.8 Å². The SMILES string of the molecule is CCCOc1c(OCCCN)cc([C@H]2CC[C@H](c3cc(OC)c(OC)c(OC)c3)O2)cc1S(=O)(=O)CCC. The molecule has 2 aromatic rings. The Balaban J connectivity index is 2.01. The summed E-state index contributed by atoms with van der Waals surface area (Å²) < 4.78 is 61.5. The van der Waals surface area contributed by atoms with Crippen LogP contribution in [0, 0.1) is 0 Å². The maximum absolute atomic E-state index is 13.3. The van der Waals surface area contributed by atoms with Gasteiger partial charge in [-0.15, -0.1) is 0 Å². The topological polar surface area (TPSA) is 116 Å². The van der Waals surface area contributed by atoms with E-state index >= 15 is 0 Å². The summed E-state index contributed by atoms with van der Waals surface area (Å²) in [6.07, 6.45) is 2.74. The van der Waals surface area contributed by atoms with Gasteiger partial charge in [0.15, 0.2) is 32.8 Å². The molecule has 0 amide bonds. The fourth-order valence-corrected chi connectivity index (χ4v) is 6.04. The molecule has 0 unspecified atom stereocenters. The van der Waals surface area contributed by atoms with Gasteiger partial charge in [0.1, 0.15) is 4.90 Å². The van der Waals surface area contributed by atoms with E-state index in [-0.39, 0.29) is 28.6 Å². The third kappa shape index (κ3) is 6.84. The van der Waals surface area contributed by atoms with Gasteiger partial charge in [0, 0.05) is 0 Å². The molecule has 0 aliphatic carbocycles. The van der Waals surface area contributed by atoms with E-state index in [2.05, 4.69) is 0 Å². The number of benzene rings is 2. The zero-order chi connectivity index (χ0) is 27.7. The van der Waals surface area contributed by atoms with Gasteiger partial charge in [-0.05, 0) is 74.0 Å². The minimum atomic E-state index is -3.60. The van der Waals surface area contributed by atoms with Crippen molar-refractivity contribution in [3.8, 4) is 28.7 Å².